The van der Waals surface area contributed by atoms with E-state index in [0.29, 0.717) is 6.26 Å². The maximum Gasteiger partial charge on any atom is 0.261 e. The van der Waals surface area contributed by atoms with Crippen LogP contribution in [-0.2, 0) is 10.1 Å². The number of rotatable bonds is 8. The molecule has 3 rings (SSSR count). The van der Waals surface area contributed by atoms with Crippen molar-refractivity contribution in [3.8, 4) is 11.5 Å². The van der Waals surface area contributed by atoms with Crippen LogP contribution >= 0.6 is 0 Å². The number of hydrogen-bond donors (Lipinski definition) is 2. The van der Waals surface area contributed by atoms with Crippen LogP contribution in [0.1, 0.15) is 19.3 Å². The smallest absolute Gasteiger partial charge is 0.261 e. The Bertz CT molecular complexity index is 974. The van der Waals surface area contributed by atoms with Crippen molar-refractivity contribution in [1.29, 1.82) is 0 Å². The number of ether oxygens (including phenoxy) is 2. The third kappa shape index (κ3) is 9.32. The number of nitrogens with two attached hydrogens (primary N) is 1. The molecule has 7 heteroatoms. The lowest BCUT2D eigenvalue weighted by atomic mass is 10.1. The molecule has 0 bridgehead atoms. The zero-order chi connectivity index (χ0) is 21.1. The van der Waals surface area contributed by atoms with Crippen LogP contribution in [0.4, 0.5) is 5.69 Å². The van der Waals surface area contributed by atoms with Gasteiger partial charge in [0.1, 0.15) is 11.5 Å². The molecule has 0 aliphatic heterocycles. The molecule has 3 aromatic rings. The summed E-state index contributed by atoms with van der Waals surface area (Å²) in [7, 11) is -3.67. The zero-order valence-electron chi connectivity index (χ0n) is 16.5. The van der Waals surface area contributed by atoms with E-state index in [9.17, 15) is 8.42 Å². The molecular weight excluding hydrogens is 390 g/mol. The van der Waals surface area contributed by atoms with E-state index in [4.69, 9.17) is 19.8 Å². The van der Waals surface area contributed by atoms with E-state index in [1.54, 1.807) is 0 Å². The van der Waals surface area contributed by atoms with Gasteiger partial charge in [0.25, 0.3) is 10.1 Å². The molecule has 0 aromatic heterocycles. The van der Waals surface area contributed by atoms with E-state index in [1.165, 1.54) is 10.8 Å². The fourth-order valence-corrected chi connectivity index (χ4v) is 2.64. The van der Waals surface area contributed by atoms with Gasteiger partial charge in [-0.05, 0) is 55.0 Å². The molecule has 0 amide bonds. The Morgan fingerprint density at radius 3 is 2.10 bits per heavy atom. The number of hydrogen-bond acceptors (Lipinski definition) is 5. The first-order chi connectivity index (χ1) is 13.8. The lowest BCUT2D eigenvalue weighted by molar-refractivity contribution is 0.281. The summed E-state index contributed by atoms with van der Waals surface area (Å²) in [5, 5.41) is 2.39. The predicted molar refractivity (Wildman–Crippen MR) is 117 cm³/mol. The summed E-state index contributed by atoms with van der Waals surface area (Å²) in [4.78, 5) is 0. The van der Waals surface area contributed by atoms with Gasteiger partial charge < -0.3 is 15.2 Å². The molecule has 0 heterocycles. The fraction of sp³-hybridized carbons (Fsp3) is 0.273. The van der Waals surface area contributed by atoms with Crippen molar-refractivity contribution >= 4 is 26.6 Å². The minimum absolute atomic E-state index is 0.715. The number of unbranched alkanes of at least 4 members (excludes halogenated alkanes) is 2. The molecule has 0 fully saturated rings. The van der Waals surface area contributed by atoms with Crippen LogP contribution in [-0.4, -0.2) is 32.4 Å². The Hall–Kier alpha value is -2.77. The molecule has 0 aliphatic rings. The van der Waals surface area contributed by atoms with Crippen LogP contribution in [0.3, 0.4) is 0 Å². The summed E-state index contributed by atoms with van der Waals surface area (Å²) < 4.78 is 37.5. The Morgan fingerprint density at radius 2 is 1.41 bits per heavy atom. The highest BCUT2D eigenvalue weighted by molar-refractivity contribution is 7.85. The second-order valence-corrected chi connectivity index (χ2v) is 8.00. The molecule has 0 spiro atoms. The summed E-state index contributed by atoms with van der Waals surface area (Å²) in [5.74, 6) is 1.84. The van der Waals surface area contributed by atoms with E-state index in [0.717, 1.165) is 49.7 Å². The van der Waals surface area contributed by atoms with Gasteiger partial charge in [0, 0.05) is 11.1 Å². The molecule has 6 nitrogen and oxygen atoms in total. The van der Waals surface area contributed by atoms with Crippen molar-refractivity contribution in [3.05, 3.63) is 66.7 Å². The van der Waals surface area contributed by atoms with Crippen molar-refractivity contribution in [2.75, 3.05) is 25.2 Å². The summed E-state index contributed by atoms with van der Waals surface area (Å²) in [6, 6.07) is 22.0. The monoisotopic (exact) mass is 417 g/mol. The van der Waals surface area contributed by atoms with E-state index in [2.05, 4.69) is 18.2 Å². The first-order valence-corrected chi connectivity index (χ1v) is 11.2. The average Bonchev–Trinajstić information content (AvgIpc) is 2.67. The molecule has 29 heavy (non-hydrogen) atoms. The summed E-state index contributed by atoms with van der Waals surface area (Å²) in [6.45, 7) is 1.45. The molecule has 0 unspecified atom stereocenters. The molecular formula is C22H27NO5S. The maximum atomic E-state index is 9.19. The second-order valence-electron chi connectivity index (χ2n) is 6.54. The van der Waals surface area contributed by atoms with Gasteiger partial charge in [-0.25, -0.2) is 0 Å². The third-order valence-corrected chi connectivity index (χ3v) is 3.94. The molecule has 0 saturated heterocycles. The fourth-order valence-electron chi connectivity index (χ4n) is 2.64. The van der Waals surface area contributed by atoms with Crippen LogP contribution < -0.4 is 15.2 Å². The van der Waals surface area contributed by atoms with Crippen LogP contribution in [0.25, 0.3) is 10.8 Å². The second kappa shape index (κ2) is 11.3. The molecule has 0 saturated carbocycles. The number of benzene rings is 3. The maximum absolute atomic E-state index is 9.19. The quantitative estimate of drug-likeness (QED) is 0.317. The highest BCUT2D eigenvalue weighted by Gasteiger charge is 2.01. The number of anilines is 1. The standard InChI is InChI=1S/C21H23NO2.CH4O3S/c22-18-11-13-19(14-12-18)23-15-4-1-5-16-24-21-10-6-8-17-7-2-3-9-20(17)21;1-5(2,3)4/h2-3,6-14H,1,4-5,15-16,22H2;1H3,(H,2,3,4). The molecule has 0 radical (unpaired) electrons. The van der Waals surface area contributed by atoms with Gasteiger partial charge in [0.2, 0.25) is 0 Å². The van der Waals surface area contributed by atoms with Crippen molar-refractivity contribution in [3.63, 3.8) is 0 Å². The highest BCUT2D eigenvalue weighted by Crippen LogP contribution is 2.25. The Labute approximate surface area is 172 Å². The van der Waals surface area contributed by atoms with Crippen LogP contribution in [0.15, 0.2) is 66.7 Å². The van der Waals surface area contributed by atoms with Crippen molar-refractivity contribution in [1.82, 2.24) is 0 Å². The van der Waals surface area contributed by atoms with Crippen molar-refractivity contribution in [2.45, 2.75) is 19.3 Å². The van der Waals surface area contributed by atoms with Gasteiger partial charge in [-0.3, -0.25) is 4.55 Å². The topological polar surface area (TPSA) is 98.9 Å². The van der Waals surface area contributed by atoms with Gasteiger partial charge in [-0.1, -0.05) is 36.4 Å². The summed E-state index contributed by atoms with van der Waals surface area (Å²) in [6.07, 6.45) is 3.84. The number of nitrogen functional groups attached to an aromatic ring is 1. The molecule has 0 aliphatic carbocycles. The predicted octanol–water partition coefficient (Wildman–Crippen LogP) is 4.55. The van der Waals surface area contributed by atoms with E-state index < -0.39 is 10.1 Å². The third-order valence-electron chi connectivity index (χ3n) is 3.94. The normalized spacial score (nSPS) is 10.8. The van der Waals surface area contributed by atoms with Gasteiger partial charge in [0.05, 0.1) is 19.5 Å². The van der Waals surface area contributed by atoms with Gasteiger partial charge in [0.15, 0.2) is 0 Å². The molecule has 3 aromatic carbocycles. The Kier molecular flexibility index (Phi) is 8.76. The first-order valence-electron chi connectivity index (χ1n) is 9.34. The lowest BCUT2D eigenvalue weighted by Gasteiger charge is -2.09. The first kappa shape index (κ1) is 22.5. The lowest BCUT2D eigenvalue weighted by Crippen LogP contribution is -2.01. The minimum Gasteiger partial charge on any atom is -0.494 e. The largest absolute Gasteiger partial charge is 0.494 e. The van der Waals surface area contributed by atoms with Crippen LogP contribution in [0, 0.1) is 0 Å². The average molecular weight is 418 g/mol. The highest BCUT2D eigenvalue weighted by atomic mass is 32.2. The van der Waals surface area contributed by atoms with E-state index in [-0.39, 0.29) is 0 Å². The SMILES string of the molecule is CS(=O)(=O)O.Nc1ccc(OCCCCCOc2cccc3ccccc23)cc1. The van der Waals surface area contributed by atoms with Crippen molar-refractivity contribution < 1.29 is 22.4 Å². The van der Waals surface area contributed by atoms with Crippen molar-refractivity contribution in [2.24, 2.45) is 0 Å². The minimum atomic E-state index is -3.67. The zero-order valence-corrected chi connectivity index (χ0v) is 17.3. The summed E-state index contributed by atoms with van der Waals surface area (Å²) in [5.41, 5.74) is 6.41. The Balaban J connectivity index is 0.000000537. The van der Waals surface area contributed by atoms with Crippen LogP contribution in [0.5, 0.6) is 11.5 Å². The van der Waals surface area contributed by atoms with Gasteiger partial charge in [-0.15, -0.1) is 0 Å². The molecule has 156 valence electrons. The van der Waals surface area contributed by atoms with E-state index >= 15 is 0 Å². The Morgan fingerprint density at radius 1 is 0.828 bits per heavy atom. The molecule has 3 N–H and O–H groups in total. The summed E-state index contributed by atoms with van der Waals surface area (Å²) >= 11 is 0. The van der Waals surface area contributed by atoms with Gasteiger partial charge in [-0.2, -0.15) is 8.42 Å². The van der Waals surface area contributed by atoms with Crippen LogP contribution in [0.2, 0.25) is 0 Å². The number of fused-ring (bicyclic) bond motifs is 1. The molecule has 0 atom stereocenters. The van der Waals surface area contributed by atoms with Gasteiger partial charge >= 0.3 is 0 Å². The van der Waals surface area contributed by atoms with E-state index in [1.807, 2.05) is 48.5 Å².